The third-order valence-corrected chi connectivity index (χ3v) is 5.35. The van der Waals surface area contributed by atoms with Gasteiger partial charge < -0.3 is 15.1 Å². The van der Waals surface area contributed by atoms with Gasteiger partial charge in [-0.1, -0.05) is 32.6 Å². The van der Waals surface area contributed by atoms with Crippen molar-refractivity contribution in [3.8, 4) is 0 Å². The van der Waals surface area contributed by atoms with E-state index in [2.05, 4.69) is 32.7 Å². The highest BCUT2D eigenvalue weighted by Gasteiger charge is 2.32. The minimum Gasteiger partial charge on any atom is -0.481 e. The maximum atomic E-state index is 10.1. The molecular formula is C19H37NO4. The Balaban J connectivity index is 0.000000463. The first-order chi connectivity index (χ1) is 11.2. The third kappa shape index (κ3) is 10.6. The second-order valence-electron chi connectivity index (χ2n) is 7.53. The molecule has 0 aromatic heterocycles. The van der Waals surface area contributed by atoms with Gasteiger partial charge in [-0.2, -0.15) is 0 Å². The molecule has 1 aliphatic rings. The molecule has 1 aliphatic heterocycles. The number of hydrogen-bond acceptors (Lipinski definition) is 3. The summed E-state index contributed by atoms with van der Waals surface area (Å²) in [6.07, 6.45) is 8.60. The molecule has 0 spiro atoms. The van der Waals surface area contributed by atoms with Gasteiger partial charge in [0.05, 0.1) is 0 Å². The normalized spacial score (nSPS) is 20.1. The fraction of sp³-hybridized carbons (Fsp3) is 0.895. The Hall–Kier alpha value is -1.10. The van der Waals surface area contributed by atoms with Gasteiger partial charge in [0.25, 0.3) is 0 Å². The first-order valence-corrected chi connectivity index (χ1v) is 9.32. The number of carboxylic acid groups (broad SMARTS) is 2. The van der Waals surface area contributed by atoms with Crippen molar-refractivity contribution >= 4 is 11.9 Å². The van der Waals surface area contributed by atoms with E-state index in [1.807, 2.05) is 0 Å². The molecule has 1 atom stereocenters. The summed E-state index contributed by atoms with van der Waals surface area (Å²) >= 11 is 0. The Bertz CT molecular complexity index is 336. The highest BCUT2D eigenvalue weighted by atomic mass is 16.4. The number of likely N-dealkylation sites (tertiary alicyclic amines) is 1. The van der Waals surface area contributed by atoms with E-state index in [4.69, 9.17) is 10.2 Å². The number of carboxylic acids is 2. The lowest BCUT2D eigenvalue weighted by atomic mass is 9.81. The standard InChI is InChI=1S/C10H18O4.C9H19N/c11-9(12)7-5-3-1-2-4-6-8-10(13)14;1-8-6-5-7-10(4)9(8,2)3/h1-8H2,(H,11,12)(H,13,14);8H,5-7H2,1-4H3. The van der Waals surface area contributed by atoms with Crippen molar-refractivity contribution in [2.75, 3.05) is 13.6 Å². The van der Waals surface area contributed by atoms with Gasteiger partial charge in [0.2, 0.25) is 0 Å². The van der Waals surface area contributed by atoms with Crippen LogP contribution in [0.15, 0.2) is 0 Å². The largest absolute Gasteiger partial charge is 0.481 e. The number of aliphatic carboxylic acids is 2. The number of carbonyl (C=O) groups is 2. The summed E-state index contributed by atoms with van der Waals surface area (Å²) < 4.78 is 0. The number of hydrogen-bond donors (Lipinski definition) is 2. The Morgan fingerprint density at radius 2 is 1.38 bits per heavy atom. The number of nitrogens with zero attached hydrogens (tertiary/aromatic N) is 1. The molecule has 1 rings (SSSR count). The molecule has 0 saturated carbocycles. The van der Waals surface area contributed by atoms with Crippen molar-refractivity contribution in [3.05, 3.63) is 0 Å². The van der Waals surface area contributed by atoms with Crippen LogP contribution in [0.5, 0.6) is 0 Å². The van der Waals surface area contributed by atoms with E-state index in [0.717, 1.165) is 44.4 Å². The van der Waals surface area contributed by atoms with Gasteiger partial charge in [-0.3, -0.25) is 9.59 Å². The van der Waals surface area contributed by atoms with Crippen LogP contribution in [0, 0.1) is 5.92 Å². The number of piperidine rings is 1. The zero-order chi connectivity index (χ0) is 18.6. The Morgan fingerprint density at radius 1 is 0.958 bits per heavy atom. The predicted molar refractivity (Wildman–Crippen MR) is 97.3 cm³/mol. The summed E-state index contributed by atoms with van der Waals surface area (Å²) in [7, 11) is 2.23. The van der Waals surface area contributed by atoms with Crippen LogP contribution < -0.4 is 0 Å². The summed E-state index contributed by atoms with van der Waals surface area (Å²) in [5, 5.41) is 16.7. The Kier molecular flexibility index (Phi) is 11.7. The second-order valence-corrected chi connectivity index (χ2v) is 7.53. The SMILES string of the molecule is CC1CCCN(C)C1(C)C.O=C(O)CCCCCCCCC(=O)O. The van der Waals surface area contributed by atoms with Crippen molar-refractivity contribution in [1.29, 1.82) is 0 Å². The highest BCUT2D eigenvalue weighted by molar-refractivity contribution is 5.66. The molecule has 1 fully saturated rings. The van der Waals surface area contributed by atoms with E-state index >= 15 is 0 Å². The van der Waals surface area contributed by atoms with Crippen molar-refractivity contribution in [3.63, 3.8) is 0 Å². The molecule has 0 radical (unpaired) electrons. The summed E-state index contributed by atoms with van der Waals surface area (Å²) in [6.45, 7) is 8.32. The maximum absolute atomic E-state index is 10.1. The molecule has 1 saturated heterocycles. The number of rotatable bonds is 9. The first-order valence-electron chi connectivity index (χ1n) is 9.32. The summed E-state index contributed by atoms with van der Waals surface area (Å²) in [5.74, 6) is -0.627. The lowest BCUT2D eigenvalue weighted by Gasteiger charge is -2.44. The fourth-order valence-electron chi connectivity index (χ4n) is 2.91. The third-order valence-electron chi connectivity index (χ3n) is 5.35. The Labute approximate surface area is 147 Å². The summed E-state index contributed by atoms with van der Waals surface area (Å²) in [5.41, 5.74) is 0.429. The molecule has 1 heterocycles. The molecule has 0 aliphatic carbocycles. The van der Waals surface area contributed by atoms with Crippen LogP contribution in [0.25, 0.3) is 0 Å². The molecule has 142 valence electrons. The van der Waals surface area contributed by atoms with Crippen molar-refractivity contribution < 1.29 is 19.8 Å². The molecular weight excluding hydrogens is 306 g/mol. The van der Waals surface area contributed by atoms with Crippen LogP contribution in [0.1, 0.15) is 85.0 Å². The van der Waals surface area contributed by atoms with Gasteiger partial charge in [0.15, 0.2) is 0 Å². The lowest BCUT2D eigenvalue weighted by Crippen LogP contribution is -2.49. The van der Waals surface area contributed by atoms with Gasteiger partial charge in [0.1, 0.15) is 0 Å². The van der Waals surface area contributed by atoms with E-state index in [1.54, 1.807) is 0 Å². The topological polar surface area (TPSA) is 77.8 Å². The minimum atomic E-state index is -0.740. The maximum Gasteiger partial charge on any atom is 0.303 e. The van der Waals surface area contributed by atoms with Gasteiger partial charge in [0, 0.05) is 18.4 Å². The van der Waals surface area contributed by atoms with E-state index in [9.17, 15) is 9.59 Å². The molecule has 5 heteroatoms. The molecule has 5 nitrogen and oxygen atoms in total. The van der Waals surface area contributed by atoms with Gasteiger partial charge in [-0.05, 0) is 59.0 Å². The van der Waals surface area contributed by atoms with E-state index in [1.165, 1.54) is 19.4 Å². The molecule has 0 amide bonds. The van der Waals surface area contributed by atoms with Crippen molar-refractivity contribution in [2.45, 2.75) is 90.5 Å². The second kappa shape index (κ2) is 12.3. The zero-order valence-corrected chi connectivity index (χ0v) is 16.0. The van der Waals surface area contributed by atoms with Crippen LogP contribution in [0.3, 0.4) is 0 Å². The minimum absolute atomic E-state index is 0.245. The van der Waals surface area contributed by atoms with Crippen LogP contribution in [0.4, 0.5) is 0 Å². The average molecular weight is 344 g/mol. The van der Waals surface area contributed by atoms with Crippen LogP contribution in [-0.4, -0.2) is 46.2 Å². The fourth-order valence-corrected chi connectivity index (χ4v) is 2.91. The molecule has 24 heavy (non-hydrogen) atoms. The smallest absolute Gasteiger partial charge is 0.303 e. The Morgan fingerprint density at radius 3 is 1.71 bits per heavy atom. The lowest BCUT2D eigenvalue weighted by molar-refractivity contribution is -0.138. The molecule has 2 N–H and O–H groups in total. The summed E-state index contributed by atoms with van der Waals surface area (Å²) in [4.78, 5) is 22.8. The van der Waals surface area contributed by atoms with Gasteiger partial charge >= 0.3 is 11.9 Å². The quantitative estimate of drug-likeness (QED) is 0.607. The average Bonchev–Trinajstić information content (AvgIpc) is 2.48. The first kappa shape index (κ1) is 22.9. The van der Waals surface area contributed by atoms with Crippen LogP contribution in [-0.2, 0) is 9.59 Å². The highest BCUT2D eigenvalue weighted by Crippen LogP contribution is 2.31. The van der Waals surface area contributed by atoms with E-state index < -0.39 is 11.9 Å². The van der Waals surface area contributed by atoms with Crippen LogP contribution >= 0.6 is 0 Å². The zero-order valence-electron chi connectivity index (χ0n) is 16.0. The van der Waals surface area contributed by atoms with E-state index in [-0.39, 0.29) is 12.8 Å². The van der Waals surface area contributed by atoms with Crippen LogP contribution in [0.2, 0.25) is 0 Å². The monoisotopic (exact) mass is 343 g/mol. The molecule has 0 aromatic rings. The van der Waals surface area contributed by atoms with Crippen molar-refractivity contribution in [2.24, 2.45) is 5.92 Å². The predicted octanol–water partition coefficient (Wildman–Crippen LogP) is 4.40. The molecule has 0 bridgehead atoms. The van der Waals surface area contributed by atoms with Crippen molar-refractivity contribution in [1.82, 2.24) is 4.90 Å². The van der Waals surface area contributed by atoms with E-state index in [0.29, 0.717) is 5.54 Å². The van der Waals surface area contributed by atoms with Gasteiger partial charge in [-0.25, -0.2) is 0 Å². The summed E-state index contributed by atoms with van der Waals surface area (Å²) in [6, 6.07) is 0. The van der Waals surface area contributed by atoms with Gasteiger partial charge in [-0.15, -0.1) is 0 Å². The number of unbranched alkanes of at least 4 members (excludes halogenated alkanes) is 5. The molecule has 0 aromatic carbocycles. The molecule has 1 unspecified atom stereocenters.